The normalized spacial score (nSPS) is 18.0. The highest BCUT2D eigenvalue weighted by Crippen LogP contribution is 2.21. The molecule has 0 aliphatic carbocycles. The summed E-state index contributed by atoms with van der Waals surface area (Å²) in [6, 6.07) is 5.78. The van der Waals surface area contributed by atoms with Crippen LogP contribution in [0, 0.1) is 17.2 Å². The summed E-state index contributed by atoms with van der Waals surface area (Å²) in [5.74, 6) is -3.18. The topological polar surface area (TPSA) is 84.2 Å². The maximum Gasteiger partial charge on any atom is 0.329 e. The van der Waals surface area contributed by atoms with Crippen LogP contribution in [-0.2, 0) is 25.5 Å². The van der Waals surface area contributed by atoms with Crippen molar-refractivity contribution in [2.45, 2.75) is 19.8 Å². The number of ether oxygens (including phenoxy) is 1. The molecule has 1 atom stereocenters. The minimum atomic E-state index is -1.40. The van der Waals surface area contributed by atoms with E-state index in [2.05, 4.69) is 6.07 Å². The lowest BCUT2D eigenvalue weighted by atomic mass is 9.96. The van der Waals surface area contributed by atoms with E-state index >= 15 is 0 Å². The molecule has 0 saturated carbocycles. The molecule has 0 radical (unpaired) electrons. The lowest BCUT2D eigenvalue weighted by Crippen LogP contribution is -2.34. The van der Waals surface area contributed by atoms with Crippen LogP contribution in [0.1, 0.15) is 23.1 Å². The molecule has 1 unspecified atom stereocenters. The largest absolute Gasteiger partial charge is 0.430 e. The molecule has 22 heavy (non-hydrogen) atoms. The summed E-state index contributed by atoms with van der Waals surface area (Å²) < 4.78 is 4.81. The summed E-state index contributed by atoms with van der Waals surface area (Å²) in [7, 11) is 0. The van der Waals surface area contributed by atoms with Crippen molar-refractivity contribution in [3.63, 3.8) is 0 Å². The van der Waals surface area contributed by atoms with E-state index in [1.54, 1.807) is 6.08 Å². The first-order valence-electron chi connectivity index (χ1n) is 6.62. The van der Waals surface area contributed by atoms with E-state index in [4.69, 9.17) is 10.00 Å². The number of nitriles is 1. The van der Waals surface area contributed by atoms with Gasteiger partial charge in [-0.25, -0.2) is 0 Å². The van der Waals surface area contributed by atoms with Gasteiger partial charge in [-0.15, -0.1) is 11.3 Å². The van der Waals surface area contributed by atoms with Gasteiger partial charge in [0.2, 0.25) is 0 Å². The Labute approximate surface area is 131 Å². The van der Waals surface area contributed by atoms with E-state index in [9.17, 15) is 14.4 Å². The number of hydrogen-bond donors (Lipinski definition) is 0. The van der Waals surface area contributed by atoms with E-state index in [-0.39, 0.29) is 5.76 Å². The smallest absolute Gasteiger partial charge is 0.329 e. The maximum atomic E-state index is 12.0. The second-order valence-electron chi connectivity index (χ2n) is 4.71. The zero-order chi connectivity index (χ0) is 16.1. The Morgan fingerprint density at radius 2 is 2.23 bits per heavy atom. The van der Waals surface area contributed by atoms with Crippen LogP contribution in [0.4, 0.5) is 0 Å². The molecule has 0 amide bonds. The number of aryl methyl sites for hydroxylation is 1. The van der Waals surface area contributed by atoms with Crippen molar-refractivity contribution in [1.29, 1.82) is 5.26 Å². The Hall–Kier alpha value is -2.52. The van der Waals surface area contributed by atoms with Crippen LogP contribution < -0.4 is 0 Å². The first-order valence-corrected chi connectivity index (χ1v) is 7.44. The van der Waals surface area contributed by atoms with Crippen LogP contribution in [-0.4, -0.2) is 17.5 Å². The standard InChI is InChI=1S/C16H13NO4S/c1-10-9-14(19)15(16(20)21-10)13(18)7-6-12-5-4-11(22-12)3-2-8-17/h4-7,9,15H,2-3H2,1H3/b7-6+. The molecule has 6 heteroatoms. The first kappa shape index (κ1) is 15.9. The molecule has 0 spiro atoms. The van der Waals surface area contributed by atoms with Crippen molar-refractivity contribution in [2.75, 3.05) is 0 Å². The lowest BCUT2D eigenvalue weighted by Gasteiger charge is -2.15. The van der Waals surface area contributed by atoms with E-state index in [0.717, 1.165) is 15.8 Å². The van der Waals surface area contributed by atoms with Crippen LogP contribution in [0.5, 0.6) is 0 Å². The van der Waals surface area contributed by atoms with Gasteiger partial charge in [-0.2, -0.15) is 5.26 Å². The van der Waals surface area contributed by atoms with Gasteiger partial charge < -0.3 is 4.74 Å². The van der Waals surface area contributed by atoms with E-state index in [0.29, 0.717) is 12.8 Å². The molecular weight excluding hydrogens is 302 g/mol. The van der Waals surface area contributed by atoms with Gasteiger partial charge in [-0.3, -0.25) is 14.4 Å². The van der Waals surface area contributed by atoms with Gasteiger partial charge in [0.25, 0.3) is 0 Å². The second-order valence-corrected chi connectivity index (χ2v) is 5.91. The molecule has 1 aliphatic heterocycles. The number of cyclic esters (lactones) is 1. The van der Waals surface area contributed by atoms with E-state index < -0.39 is 23.5 Å². The number of hydrogen-bond acceptors (Lipinski definition) is 6. The maximum absolute atomic E-state index is 12.0. The molecule has 0 saturated heterocycles. The Morgan fingerprint density at radius 3 is 2.91 bits per heavy atom. The molecule has 0 N–H and O–H groups in total. The van der Waals surface area contributed by atoms with Gasteiger partial charge in [0.15, 0.2) is 17.5 Å². The lowest BCUT2D eigenvalue weighted by molar-refractivity contribution is -0.151. The number of rotatable bonds is 5. The van der Waals surface area contributed by atoms with Crippen molar-refractivity contribution in [3.05, 3.63) is 39.8 Å². The molecule has 112 valence electrons. The van der Waals surface area contributed by atoms with Gasteiger partial charge in [0.1, 0.15) is 5.76 Å². The van der Waals surface area contributed by atoms with Crippen molar-refractivity contribution >= 4 is 34.9 Å². The van der Waals surface area contributed by atoms with Gasteiger partial charge in [-0.05, 0) is 37.6 Å². The summed E-state index contributed by atoms with van der Waals surface area (Å²) >= 11 is 1.46. The highest BCUT2D eigenvalue weighted by atomic mass is 32.1. The predicted molar refractivity (Wildman–Crippen MR) is 80.6 cm³/mol. The second kappa shape index (κ2) is 6.96. The third-order valence-electron chi connectivity index (χ3n) is 2.99. The molecule has 0 fully saturated rings. The highest BCUT2D eigenvalue weighted by molar-refractivity contribution is 7.12. The molecule has 1 aromatic heterocycles. The van der Waals surface area contributed by atoms with Crippen LogP contribution in [0.25, 0.3) is 6.08 Å². The molecule has 1 aliphatic rings. The van der Waals surface area contributed by atoms with Crippen molar-refractivity contribution < 1.29 is 19.1 Å². The minimum Gasteiger partial charge on any atom is -0.430 e. The summed E-state index contributed by atoms with van der Waals surface area (Å²) in [5.41, 5.74) is 0. The number of carbonyl (C=O) groups excluding carboxylic acids is 3. The van der Waals surface area contributed by atoms with Crippen LogP contribution in [0.3, 0.4) is 0 Å². The van der Waals surface area contributed by atoms with Gasteiger partial charge in [0, 0.05) is 22.3 Å². The molecule has 2 heterocycles. The molecule has 0 bridgehead atoms. The Morgan fingerprint density at radius 1 is 1.45 bits per heavy atom. The minimum absolute atomic E-state index is 0.198. The Kier molecular flexibility index (Phi) is 5.02. The van der Waals surface area contributed by atoms with Crippen LogP contribution in [0.2, 0.25) is 0 Å². The number of carbonyl (C=O) groups is 3. The fourth-order valence-electron chi connectivity index (χ4n) is 1.96. The zero-order valence-corrected chi connectivity index (χ0v) is 12.7. The average Bonchev–Trinajstić information content (AvgIpc) is 2.89. The third-order valence-corrected chi connectivity index (χ3v) is 4.10. The van der Waals surface area contributed by atoms with E-state index in [1.807, 2.05) is 12.1 Å². The van der Waals surface area contributed by atoms with Gasteiger partial charge in [-0.1, -0.05) is 0 Å². The fourth-order valence-corrected chi connectivity index (χ4v) is 2.88. The summed E-state index contributed by atoms with van der Waals surface area (Å²) in [4.78, 5) is 37.2. The molecule has 1 aromatic rings. The predicted octanol–water partition coefficient (Wildman–Crippen LogP) is 2.43. The summed E-state index contributed by atoms with van der Waals surface area (Å²) in [6.07, 6.45) is 5.05. The van der Waals surface area contributed by atoms with Crippen molar-refractivity contribution in [3.8, 4) is 6.07 Å². The first-order chi connectivity index (χ1) is 10.5. The van der Waals surface area contributed by atoms with Crippen molar-refractivity contribution in [1.82, 2.24) is 0 Å². The zero-order valence-electron chi connectivity index (χ0n) is 11.9. The van der Waals surface area contributed by atoms with Crippen LogP contribution in [0.15, 0.2) is 30.0 Å². The summed E-state index contributed by atoms with van der Waals surface area (Å²) in [6.45, 7) is 1.49. The number of ketones is 2. The molecular formula is C16H13NO4S. The van der Waals surface area contributed by atoms with Gasteiger partial charge in [0.05, 0.1) is 6.07 Å². The monoisotopic (exact) mass is 315 g/mol. The quantitative estimate of drug-likeness (QED) is 0.473. The number of esters is 1. The van der Waals surface area contributed by atoms with Crippen LogP contribution >= 0.6 is 11.3 Å². The summed E-state index contributed by atoms with van der Waals surface area (Å²) in [5, 5.41) is 8.54. The number of allylic oxidation sites excluding steroid dienone is 3. The molecule has 5 nitrogen and oxygen atoms in total. The van der Waals surface area contributed by atoms with E-state index in [1.165, 1.54) is 24.3 Å². The Balaban J connectivity index is 2.05. The van der Waals surface area contributed by atoms with Gasteiger partial charge >= 0.3 is 5.97 Å². The van der Waals surface area contributed by atoms with Crippen molar-refractivity contribution in [2.24, 2.45) is 5.92 Å². The average molecular weight is 315 g/mol. The highest BCUT2D eigenvalue weighted by Gasteiger charge is 2.36. The number of thiophene rings is 1. The molecule has 0 aromatic carbocycles. The third kappa shape index (κ3) is 3.77. The SMILES string of the molecule is CC1=CC(=O)C(C(=O)/C=C/c2ccc(CCC#N)s2)C(=O)O1. The molecule has 2 rings (SSSR count). The Bertz CT molecular complexity index is 721. The fraction of sp³-hybridized carbons (Fsp3) is 0.250. The number of nitrogens with zero attached hydrogens (tertiary/aromatic N) is 1.